The summed E-state index contributed by atoms with van der Waals surface area (Å²) in [5.74, 6) is 0.500. The molecule has 1 heterocycles. The highest BCUT2D eigenvalue weighted by atomic mass is 16.6. The van der Waals surface area contributed by atoms with E-state index in [1.807, 2.05) is 14.0 Å². The lowest BCUT2D eigenvalue weighted by Crippen LogP contribution is -2.40. The summed E-state index contributed by atoms with van der Waals surface area (Å²) in [4.78, 5) is 25.0. The first-order valence-corrected chi connectivity index (χ1v) is 7.78. The number of nitro benzene ring substituents is 1. The normalized spacial score (nSPS) is 15.8. The highest BCUT2D eigenvalue weighted by Gasteiger charge is 2.25. The van der Waals surface area contributed by atoms with Crippen LogP contribution in [0, 0.1) is 16.0 Å². The van der Waals surface area contributed by atoms with Crippen LogP contribution in [0.5, 0.6) is 0 Å². The van der Waals surface area contributed by atoms with Gasteiger partial charge in [0.25, 0.3) is 11.6 Å². The number of carbonyl (C=O) groups is 1. The van der Waals surface area contributed by atoms with Gasteiger partial charge in [-0.15, -0.1) is 0 Å². The molecule has 0 radical (unpaired) electrons. The summed E-state index contributed by atoms with van der Waals surface area (Å²) in [6.45, 7) is 4.28. The molecule has 22 heavy (non-hydrogen) atoms. The van der Waals surface area contributed by atoms with Gasteiger partial charge in [0, 0.05) is 30.3 Å². The van der Waals surface area contributed by atoms with Crippen LogP contribution in [-0.4, -0.2) is 42.4 Å². The standard InChI is InChI=1S/C16H23N3O3/c1-3-13-4-5-14(10-15(13)19(21)22)16(20)18-8-6-12(7-9-18)11-17-2/h4-5,10,12,17H,3,6-9,11H2,1-2H3. The van der Waals surface area contributed by atoms with Crippen molar-refractivity contribution in [1.29, 1.82) is 0 Å². The predicted molar refractivity (Wildman–Crippen MR) is 85.0 cm³/mol. The van der Waals surface area contributed by atoms with Crippen LogP contribution in [0.3, 0.4) is 0 Å². The third-order valence-corrected chi connectivity index (χ3v) is 4.30. The predicted octanol–water partition coefficient (Wildman–Crippen LogP) is 2.23. The molecule has 1 amide bonds. The van der Waals surface area contributed by atoms with Gasteiger partial charge in [0.2, 0.25) is 0 Å². The number of aryl methyl sites for hydroxylation is 1. The van der Waals surface area contributed by atoms with Crippen molar-refractivity contribution in [3.63, 3.8) is 0 Å². The fourth-order valence-electron chi connectivity index (χ4n) is 2.98. The second kappa shape index (κ2) is 7.35. The number of hydrogen-bond donors (Lipinski definition) is 1. The van der Waals surface area contributed by atoms with Gasteiger partial charge in [-0.2, -0.15) is 0 Å². The Balaban J connectivity index is 2.10. The van der Waals surface area contributed by atoms with E-state index in [0.717, 1.165) is 19.4 Å². The Hall–Kier alpha value is -1.95. The van der Waals surface area contributed by atoms with E-state index in [1.165, 1.54) is 6.07 Å². The van der Waals surface area contributed by atoms with Crippen molar-refractivity contribution in [2.75, 3.05) is 26.7 Å². The molecule has 0 aromatic heterocycles. The molecule has 0 aliphatic carbocycles. The van der Waals surface area contributed by atoms with Crippen LogP contribution in [0.25, 0.3) is 0 Å². The first-order valence-electron chi connectivity index (χ1n) is 7.78. The third kappa shape index (κ3) is 3.62. The molecule has 120 valence electrons. The molecule has 6 heteroatoms. The molecule has 1 N–H and O–H groups in total. The molecule has 1 aliphatic heterocycles. The lowest BCUT2D eigenvalue weighted by molar-refractivity contribution is -0.385. The minimum Gasteiger partial charge on any atom is -0.339 e. The van der Waals surface area contributed by atoms with Crippen LogP contribution in [0.2, 0.25) is 0 Å². The summed E-state index contributed by atoms with van der Waals surface area (Å²) in [6, 6.07) is 4.81. The van der Waals surface area contributed by atoms with Gasteiger partial charge in [0.05, 0.1) is 4.92 Å². The fraction of sp³-hybridized carbons (Fsp3) is 0.562. The molecule has 1 aromatic rings. The number of carbonyl (C=O) groups excluding carboxylic acids is 1. The monoisotopic (exact) mass is 305 g/mol. The maximum Gasteiger partial charge on any atom is 0.273 e. The van der Waals surface area contributed by atoms with E-state index in [0.29, 0.717) is 36.6 Å². The van der Waals surface area contributed by atoms with Crippen molar-refractivity contribution >= 4 is 11.6 Å². The van der Waals surface area contributed by atoms with Gasteiger partial charge in [-0.05, 0) is 44.8 Å². The van der Waals surface area contributed by atoms with Crippen molar-refractivity contribution in [3.8, 4) is 0 Å². The summed E-state index contributed by atoms with van der Waals surface area (Å²) in [5, 5.41) is 14.3. The van der Waals surface area contributed by atoms with Gasteiger partial charge >= 0.3 is 0 Å². The molecule has 0 atom stereocenters. The van der Waals surface area contributed by atoms with Crippen LogP contribution < -0.4 is 5.32 Å². The largest absolute Gasteiger partial charge is 0.339 e. The molecule has 0 unspecified atom stereocenters. The number of nitrogens with one attached hydrogen (secondary N) is 1. The van der Waals surface area contributed by atoms with Gasteiger partial charge < -0.3 is 10.2 Å². The van der Waals surface area contributed by atoms with Crippen LogP contribution in [-0.2, 0) is 6.42 Å². The van der Waals surface area contributed by atoms with Gasteiger partial charge in [0.1, 0.15) is 0 Å². The zero-order chi connectivity index (χ0) is 16.1. The van der Waals surface area contributed by atoms with E-state index in [4.69, 9.17) is 0 Å². The number of benzene rings is 1. The summed E-state index contributed by atoms with van der Waals surface area (Å²) in [5.41, 5.74) is 1.11. The molecule has 0 bridgehead atoms. The molecular formula is C16H23N3O3. The van der Waals surface area contributed by atoms with E-state index in [-0.39, 0.29) is 11.6 Å². The fourth-order valence-corrected chi connectivity index (χ4v) is 2.98. The SMILES string of the molecule is CCc1ccc(C(=O)N2CCC(CNC)CC2)cc1[N+](=O)[O-]. The zero-order valence-corrected chi connectivity index (χ0v) is 13.2. The maximum absolute atomic E-state index is 12.5. The molecular weight excluding hydrogens is 282 g/mol. The maximum atomic E-state index is 12.5. The molecule has 0 saturated carbocycles. The Bertz CT molecular complexity index is 552. The molecule has 1 aromatic carbocycles. The van der Waals surface area contributed by atoms with E-state index in [1.54, 1.807) is 17.0 Å². The molecule has 0 spiro atoms. The summed E-state index contributed by atoms with van der Waals surface area (Å²) >= 11 is 0. The summed E-state index contributed by atoms with van der Waals surface area (Å²) in [7, 11) is 1.94. The lowest BCUT2D eigenvalue weighted by Gasteiger charge is -2.32. The number of rotatable bonds is 5. The first-order chi connectivity index (χ1) is 10.6. The first kappa shape index (κ1) is 16.4. The van der Waals surface area contributed by atoms with Crippen molar-refractivity contribution in [2.24, 2.45) is 5.92 Å². The highest BCUT2D eigenvalue weighted by molar-refractivity contribution is 5.95. The number of likely N-dealkylation sites (tertiary alicyclic amines) is 1. The number of hydrogen-bond acceptors (Lipinski definition) is 4. The van der Waals surface area contributed by atoms with Gasteiger partial charge in [-0.25, -0.2) is 0 Å². The minimum absolute atomic E-state index is 0.0402. The van der Waals surface area contributed by atoms with Gasteiger partial charge in [-0.3, -0.25) is 14.9 Å². The van der Waals surface area contributed by atoms with Gasteiger partial charge in [0.15, 0.2) is 0 Å². The van der Waals surface area contributed by atoms with Gasteiger partial charge in [-0.1, -0.05) is 13.0 Å². The minimum atomic E-state index is -0.408. The summed E-state index contributed by atoms with van der Waals surface area (Å²) in [6.07, 6.45) is 2.53. The Kier molecular flexibility index (Phi) is 5.49. The Morgan fingerprint density at radius 3 is 2.64 bits per heavy atom. The van der Waals surface area contributed by atoms with Crippen LogP contribution in [0.15, 0.2) is 18.2 Å². The number of piperidine rings is 1. The second-order valence-electron chi connectivity index (χ2n) is 5.75. The second-order valence-corrected chi connectivity index (χ2v) is 5.75. The van der Waals surface area contributed by atoms with Crippen LogP contribution in [0.4, 0.5) is 5.69 Å². The van der Waals surface area contributed by atoms with Crippen molar-refractivity contribution in [3.05, 3.63) is 39.4 Å². The van der Waals surface area contributed by atoms with Crippen LogP contribution in [0.1, 0.15) is 35.7 Å². The molecule has 1 fully saturated rings. The highest BCUT2D eigenvalue weighted by Crippen LogP contribution is 2.23. The Morgan fingerprint density at radius 1 is 1.41 bits per heavy atom. The third-order valence-electron chi connectivity index (χ3n) is 4.30. The van der Waals surface area contributed by atoms with Crippen molar-refractivity contribution in [2.45, 2.75) is 26.2 Å². The number of amides is 1. The lowest BCUT2D eigenvalue weighted by atomic mass is 9.96. The van der Waals surface area contributed by atoms with Crippen molar-refractivity contribution < 1.29 is 9.72 Å². The van der Waals surface area contributed by atoms with E-state index >= 15 is 0 Å². The zero-order valence-electron chi connectivity index (χ0n) is 13.2. The summed E-state index contributed by atoms with van der Waals surface area (Å²) < 4.78 is 0. The van der Waals surface area contributed by atoms with E-state index in [2.05, 4.69) is 5.32 Å². The van der Waals surface area contributed by atoms with Crippen molar-refractivity contribution in [1.82, 2.24) is 10.2 Å². The topological polar surface area (TPSA) is 75.5 Å². The van der Waals surface area contributed by atoms with E-state index < -0.39 is 4.92 Å². The number of nitrogens with zero attached hydrogens (tertiary/aromatic N) is 2. The average Bonchev–Trinajstić information content (AvgIpc) is 2.54. The Morgan fingerprint density at radius 2 is 2.09 bits per heavy atom. The molecule has 2 rings (SSSR count). The Labute approximate surface area is 130 Å². The average molecular weight is 305 g/mol. The number of nitro groups is 1. The van der Waals surface area contributed by atoms with E-state index in [9.17, 15) is 14.9 Å². The molecule has 6 nitrogen and oxygen atoms in total. The smallest absolute Gasteiger partial charge is 0.273 e. The quantitative estimate of drug-likeness (QED) is 0.668. The van der Waals surface area contributed by atoms with Crippen LogP contribution >= 0.6 is 0 Å². The molecule has 1 saturated heterocycles. The molecule has 1 aliphatic rings.